The maximum atomic E-state index is 11.5. The van der Waals surface area contributed by atoms with E-state index in [2.05, 4.69) is 5.32 Å². The van der Waals surface area contributed by atoms with Gasteiger partial charge in [-0.3, -0.25) is 4.90 Å². The number of rotatable bonds is 2. The van der Waals surface area contributed by atoms with Crippen LogP contribution in [0.15, 0.2) is 24.3 Å². The third-order valence-corrected chi connectivity index (χ3v) is 3.25. The summed E-state index contributed by atoms with van der Waals surface area (Å²) in [7, 11) is 0. The number of para-hydroxylation sites is 1. The van der Waals surface area contributed by atoms with Crippen LogP contribution in [0.4, 0.5) is 10.5 Å². The predicted octanol–water partition coefficient (Wildman–Crippen LogP) is 2.23. The normalized spacial score (nSPS) is 16.8. The predicted molar refractivity (Wildman–Crippen MR) is 67.6 cm³/mol. The number of hydrogen-bond donors (Lipinski definition) is 2. The van der Waals surface area contributed by atoms with E-state index in [1.807, 2.05) is 31.2 Å². The molecule has 4 heteroatoms. The van der Waals surface area contributed by atoms with Gasteiger partial charge in [0.25, 0.3) is 0 Å². The first-order valence-corrected chi connectivity index (χ1v) is 5.98. The van der Waals surface area contributed by atoms with Crippen molar-refractivity contribution in [2.75, 3.05) is 18.0 Å². The highest BCUT2D eigenvalue weighted by molar-refractivity contribution is 5.87. The fraction of sp³-hybridized carbons (Fsp3) is 0.462. The number of anilines is 1. The van der Waals surface area contributed by atoms with E-state index >= 15 is 0 Å². The third-order valence-electron chi connectivity index (χ3n) is 3.25. The Morgan fingerprint density at radius 2 is 2.00 bits per heavy atom. The van der Waals surface area contributed by atoms with E-state index in [1.54, 1.807) is 0 Å². The molecular formula is C13H18N2O2. The second-order valence-electron chi connectivity index (χ2n) is 4.42. The van der Waals surface area contributed by atoms with Crippen LogP contribution in [-0.4, -0.2) is 30.3 Å². The van der Waals surface area contributed by atoms with E-state index in [9.17, 15) is 9.90 Å². The molecule has 17 heavy (non-hydrogen) atoms. The molecule has 92 valence electrons. The SMILES string of the molecule is Cc1ccccc1N(C(=O)O)C1CCNCC1. The largest absolute Gasteiger partial charge is 0.465 e. The van der Waals surface area contributed by atoms with Gasteiger partial charge in [0.05, 0.1) is 5.69 Å². The van der Waals surface area contributed by atoms with E-state index < -0.39 is 6.09 Å². The minimum absolute atomic E-state index is 0.0925. The number of nitrogens with zero attached hydrogens (tertiary/aromatic N) is 1. The third kappa shape index (κ3) is 2.58. The number of carboxylic acid groups (broad SMARTS) is 1. The lowest BCUT2D eigenvalue weighted by Crippen LogP contribution is -2.46. The van der Waals surface area contributed by atoms with Crippen molar-refractivity contribution in [1.29, 1.82) is 0 Å². The average molecular weight is 234 g/mol. The Kier molecular flexibility index (Phi) is 3.64. The second-order valence-corrected chi connectivity index (χ2v) is 4.42. The first-order chi connectivity index (χ1) is 8.20. The molecule has 1 fully saturated rings. The summed E-state index contributed by atoms with van der Waals surface area (Å²) in [5.74, 6) is 0. The highest BCUT2D eigenvalue weighted by Gasteiger charge is 2.27. The van der Waals surface area contributed by atoms with Crippen molar-refractivity contribution in [3.8, 4) is 0 Å². The first-order valence-electron chi connectivity index (χ1n) is 5.98. The van der Waals surface area contributed by atoms with Crippen molar-refractivity contribution in [2.24, 2.45) is 0 Å². The molecule has 0 atom stereocenters. The summed E-state index contributed by atoms with van der Waals surface area (Å²) >= 11 is 0. The van der Waals surface area contributed by atoms with Gasteiger partial charge < -0.3 is 10.4 Å². The van der Waals surface area contributed by atoms with Crippen LogP contribution in [0.3, 0.4) is 0 Å². The van der Waals surface area contributed by atoms with Crippen LogP contribution in [0.1, 0.15) is 18.4 Å². The number of benzene rings is 1. The molecule has 1 aliphatic heterocycles. The molecule has 0 radical (unpaired) electrons. The Balaban J connectivity index is 2.28. The summed E-state index contributed by atoms with van der Waals surface area (Å²) in [6.07, 6.45) is 0.896. The zero-order chi connectivity index (χ0) is 12.3. The minimum Gasteiger partial charge on any atom is -0.465 e. The summed E-state index contributed by atoms with van der Waals surface area (Å²) in [5, 5.41) is 12.7. The highest BCUT2D eigenvalue weighted by atomic mass is 16.4. The molecule has 1 saturated heterocycles. The van der Waals surface area contributed by atoms with Gasteiger partial charge in [0.15, 0.2) is 0 Å². The molecule has 1 amide bonds. The summed E-state index contributed by atoms with van der Waals surface area (Å²) in [4.78, 5) is 13.0. The van der Waals surface area contributed by atoms with E-state index in [0.717, 1.165) is 37.2 Å². The molecule has 0 aliphatic carbocycles. The van der Waals surface area contributed by atoms with Gasteiger partial charge >= 0.3 is 6.09 Å². The van der Waals surface area contributed by atoms with Crippen molar-refractivity contribution < 1.29 is 9.90 Å². The van der Waals surface area contributed by atoms with Crippen LogP contribution < -0.4 is 10.2 Å². The molecule has 0 saturated carbocycles. The maximum absolute atomic E-state index is 11.5. The van der Waals surface area contributed by atoms with Crippen molar-refractivity contribution in [1.82, 2.24) is 5.32 Å². The van der Waals surface area contributed by atoms with Crippen LogP contribution in [0.5, 0.6) is 0 Å². The topological polar surface area (TPSA) is 52.6 Å². The zero-order valence-corrected chi connectivity index (χ0v) is 10.0. The molecule has 4 nitrogen and oxygen atoms in total. The Morgan fingerprint density at radius 1 is 1.35 bits per heavy atom. The molecule has 1 heterocycles. The summed E-state index contributed by atoms with van der Waals surface area (Å²) in [5.41, 5.74) is 1.82. The standard InChI is InChI=1S/C13H18N2O2/c1-10-4-2-3-5-12(10)15(13(16)17)11-6-8-14-9-7-11/h2-5,11,14H,6-9H2,1H3,(H,16,17). The molecule has 0 aromatic heterocycles. The molecule has 0 unspecified atom stereocenters. The number of carbonyl (C=O) groups is 1. The van der Waals surface area contributed by atoms with Gasteiger partial charge in [0.2, 0.25) is 0 Å². The van der Waals surface area contributed by atoms with E-state index in [1.165, 1.54) is 4.90 Å². The Hall–Kier alpha value is -1.55. The lowest BCUT2D eigenvalue weighted by molar-refractivity contribution is 0.197. The summed E-state index contributed by atoms with van der Waals surface area (Å²) in [6, 6.07) is 7.74. The van der Waals surface area contributed by atoms with Gasteiger partial charge in [-0.1, -0.05) is 18.2 Å². The first kappa shape index (κ1) is 11.9. The molecule has 1 aliphatic rings. The number of nitrogens with one attached hydrogen (secondary N) is 1. The Morgan fingerprint density at radius 3 is 2.59 bits per heavy atom. The van der Waals surface area contributed by atoms with Crippen LogP contribution >= 0.6 is 0 Å². The molecule has 2 N–H and O–H groups in total. The Labute approximate surface area is 101 Å². The molecule has 0 spiro atoms. The van der Waals surface area contributed by atoms with Crippen molar-refractivity contribution in [2.45, 2.75) is 25.8 Å². The van der Waals surface area contributed by atoms with Gasteiger partial charge in [0.1, 0.15) is 0 Å². The molecule has 2 rings (SSSR count). The van der Waals surface area contributed by atoms with Crippen LogP contribution in [0, 0.1) is 6.92 Å². The van der Waals surface area contributed by atoms with E-state index in [0.29, 0.717) is 0 Å². The average Bonchev–Trinajstić information content (AvgIpc) is 2.33. The maximum Gasteiger partial charge on any atom is 0.412 e. The van der Waals surface area contributed by atoms with Gasteiger partial charge in [-0.25, -0.2) is 4.79 Å². The molecule has 0 bridgehead atoms. The Bertz CT molecular complexity index is 400. The monoisotopic (exact) mass is 234 g/mol. The van der Waals surface area contributed by atoms with Gasteiger partial charge in [-0.2, -0.15) is 0 Å². The zero-order valence-electron chi connectivity index (χ0n) is 10.0. The highest BCUT2D eigenvalue weighted by Crippen LogP contribution is 2.25. The van der Waals surface area contributed by atoms with Gasteiger partial charge in [0, 0.05) is 6.04 Å². The summed E-state index contributed by atoms with van der Waals surface area (Å²) < 4.78 is 0. The fourth-order valence-corrected chi connectivity index (χ4v) is 2.35. The van der Waals surface area contributed by atoms with Crippen LogP contribution in [0.2, 0.25) is 0 Å². The number of amides is 1. The van der Waals surface area contributed by atoms with Crippen LogP contribution in [0.25, 0.3) is 0 Å². The van der Waals surface area contributed by atoms with Crippen molar-refractivity contribution in [3.63, 3.8) is 0 Å². The molecular weight excluding hydrogens is 216 g/mol. The summed E-state index contributed by atoms with van der Waals surface area (Å²) in [6.45, 7) is 3.73. The quantitative estimate of drug-likeness (QED) is 0.825. The van der Waals surface area contributed by atoms with E-state index in [-0.39, 0.29) is 6.04 Å². The smallest absolute Gasteiger partial charge is 0.412 e. The number of hydrogen-bond acceptors (Lipinski definition) is 2. The fourth-order valence-electron chi connectivity index (χ4n) is 2.35. The number of aryl methyl sites for hydroxylation is 1. The number of piperidine rings is 1. The van der Waals surface area contributed by atoms with Crippen molar-refractivity contribution >= 4 is 11.8 Å². The molecule has 1 aromatic rings. The van der Waals surface area contributed by atoms with Crippen molar-refractivity contribution in [3.05, 3.63) is 29.8 Å². The lowest BCUT2D eigenvalue weighted by Gasteiger charge is -2.33. The van der Waals surface area contributed by atoms with E-state index in [4.69, 9.17) is 0 Å². The second kappa shape index (κ2) is 5.19. The van der Waals surface area contributed by atoms with Crippen LogP contribution in [-0.2, 0) is 0 Å². The molecule has 1 aromatic carbocycles. The minimum atomic E-state index is -0.855. The van der Waals surface area contributed by atoms with Gasteiger partial charge in [-0.15, -0.1) is 0 Å². The lowest BCUT2D eigenvalue weighted by atomic mass is 10.0. The van der Waals surface area contributed by atoms with Gasteiger partial charge in [-0.05, 0) is 44.5 Å².